The molecule has 1 N–H and O–H groups in total. The van der Waals surface area contributed by atoms with Gasteiger partial charge in [0.25, 0.3) is 21.6 Å². The van der Waals surface area contributed by atoms with E-state index in [4.69, 9.17) is 23.2 Å². The largest absolute Gasteiger partial charge is 0.285 e. The number of sulfonamides is 1. The first-order chi connectivity index (χ1) is 16.0. The number of non-ortho nitro benzene ring substituents is 1. The van der Waals surface area contributed by atoms with Crippen molar-refractivity contribution in [3.8, 4) is 16.3 Å². The minimum absolute atomic E-state index is 0.0526. The SMILES string of the molecule is O=C(NS(=O)(=O)c1cc([N+](=O)[O-])ccc1Br)c1cc(-c2cccs2)n(-c2cc(Cl)cc(Cl)c2)n1. The number of hydrogen-bond donors (Lipinski definition) is 1. The number of nitro benzene ring substituents is 1. The van der Waals surface area contributed by atoms with Crippen LogP contribution >= 0.6 is 50.5 Å². The molecule has 2 heterocycles. The second-order valence-corrected chi connectivity index (χ2v) is 11.1. The van der Waals surface area contributed by atoms with E-state index in [-0.39, 0.29) is 10.2 Å². The van der Waals surface area contributed by atoms with Gasteiger partial charge in [0.2, 0.25) is 0 Å². The topological polar surface area (TPSA) is 124 Å². The fraction of sp³-hybridized carbons (Fsp3) is 0. The van der Waals surface area contributed by atoms with Crippen LogP contribution in [0.5, 0.6) is 0 Å². The van der Waals surface area contributed by atoms with Gasteiger partial charge in [0, 0.05) is 26.7 Å². The van der Waals surface area contributed by atoms with Gasteiger partial charge in [0.1, 0.15) is 4.90 Å². The van der Waals surface area contributed by atoms with E-state index in [1.165, 1.54) is 34.2 Å². The maximum absolute atomic E-state index is 12.9. The van der Waals surface area contributed by atoms with Crippen LogP contribution in [0.15, 0.2) is 69.3 Å². The first-order valence-electron chi connectivity index (χ1n) is 9.16. The Hall–Kier alpha value is -2.77. The van der Waals surface area contributed by atoms with Gasteiger partial charge in [0.15, 0.2) is 5.69 Å². The number of aromatic nitrogens is 2. The van der Waals surface area contributed by atoms with E-state index in [0.717, 1.165) is 17.0 Å². The van der Waals surface area contributed by atoms with E-state index in [2.05, 4.69) is 21.0 Å². The predicted octanol–water partition coefficient (Wildman–Crippen LogP) is 5.70. The number of carbonyl (C=O) groups is 1. The van der Waals surface area contributed by atoms with Gasteiger partial charge < -0.3 is 0 Å². The maximum atomic E-state index is 12.9. The first kappa shape index (κ1) is 24.4. The average molecular weight is 602 g/mol. The molecule has 1 amide bonds. The summed E-state index contributed by atoms with van der Waals surface area (Å²) in [7, 11) is -4.47. The van der Waals surface area contributed by atoms with E-state index in [1.54, 1.807) is 12.1 Å². The highest BCUT2D eigenvalue weighted by molar-refractivity contribution is 9.10. The van der Waals surface area contributed by atoms with Crippen LogP contribution in [0, 0.1) is 10.1 Å². The van der Waals surface area contributed by atoms with E-state index < -0.39 is 31.4 Å². The number of nitrogens with zero attached hydrogens (tertiary/aromatic N) is 3. The molecule has 4 rings (SSSR count). The first-order valence-corrected chi connectivity index (χ1v) is 13.1. The molecule has 2 aromatic carbocycles. The molecule has 14 heteroatoms. The Morgan fingerprint density at radius 3 is 2.44 bits per heavy atom. The number of amides is 1. The van der Waals surface area contributed by atoms with Crippen LogP contribution in [-0.2, 0) is 10.0 Å². The van der Waals surface area contributed by atoms with Crippen LogP contribution in [0.3, 0.4) is 0 Å². The van der Waals surface area contributed by atoms with Crippen molar-refractivity contribution in [1.82, 2.24) is 14.5 Å². The third-order valence-corrected chi connectivity index (χ3v) is 8.10. The molecule has 0 unspecified atom stereocenters. The summed E-state index contributed by atoms with van der Waals surface area (Å²) in [5, 5.41) is 17.9. The zero-order valence-corrected chi connectivity index (χ0v) is 21.3. The molecule has 0 spiro atoms. The van der Waals surface area contributed by atoms with Crippen molar-refractivity contribution in [2.75, 3.05) is 0 Å². The van der Waals surface area contributed by atoms with Gasteiger partial charge in [-0.15, -0.1) is 11.3 Å². The number of rotatable bonds is 6. The van der Waals surface area contributed by atoms with Gasteiger partial charge in [-0.1, -0.05) is 29.3 Å². The number of carbonyl (C=O) groups excluding carboxylic acids is 1. The van der Waals surface area contributed by atoms with Crippen molar-refractivity contribution < 1.29 is 18.1 Å². The van der Waals surface area contributed by atoms with Crippen molar-refractivity contribution in [3.05, 3.63) is 90.3 Å². The summed E-state index contributed by atoms with van der Waals surface area (Å²) in [6.07, 6.45) is 0. The molecule has 0 fully saturated rings. The molecule has 0 atom stereocenters. The molecule has 34 heavy (non-hydrogen) atoms. The smallest absolute Gasteiger partial charge is 0.266 e. The quantitative estimate of drug-likeness (QED) is 0.223. The van der Waals surface area contributed by atoms with Gasteiger partial charge in [-0.25, -0.2) is 17.8 Å². The van der Waals surface area contributed by atoms with E-state index in [1.807, 2.05) is 22.2 Å². The molecular formula is C20H11BrCl2N4O5S2. The number of nitro groups is 1. The minimum Gasteiger partial charge on any atom is -0.266 e. The summed E-state index contributed by atoms with van der Waals surface area (Å²) in [5.74, 6) is -1.02. The summed E-state index contributed by atoms with van der Waals surface area (Å²) in [6, 6.07) is 13.0. The van der Waals surface area contributed by atoms with Crippen LogP contribution in [-0.4, -0.2) is 29.0 Å². The number of halogens is 3. The fourth-order valence-electron chi connectivity index (χ4n) is 2.99. The predicted molar refractivity (Wildman–Crippen MR) is 132 cm³/mol. The molecule has 0 aliphatic heterocycles. The maximum Gasteiger partial charge on any atom is 0.285 e. The van der Waals surface area contributed by atoms with E-state index in [9.17, 15) is 23.3 Å². The lowest BCUT2D eigenvalue weighted by Crippen LogP contribution is -2.31. The molecule has 0 saturated heterocycles. The van der Waals surface area contributed by atoms with Crippen molar-refractivity contribution in [2.24, 2.45) is 0 Å². The fourth-order valence-corrected chi connectivity index (χ4v) is 6.18. The lowest BCUT2D eigenvalue weighted by Gasteiger charge is -2.08. The van der Waals surface area contributed by atoms with E-state index >= 15 is 0 Å². The second-order valence-electron chi connectivity index (χ2n) is 6.74. The minimum atomic E-state index is -4.47. The summed E-state index contributed by atoms with van der Waals surface area (Å²) in [4.78, 5) is 23.5. The standard InChI is InChI=1S/C20H11BrCl2N4O5S2/c21-15-4-3-13(27(29)30)9-19(15)34(31,32)25-20(28)16-10-17(18-2-1-5-33-18)26(24-16)14-7-11(22)6-12(23)8-14/h1-10H,(H,25,28). The molecular weight excluding hydrogens is 591 g/mol. The highest BCUT2D eigenvalue weighted by Crippen LogP contribution is 2.31. The number of nitrogens with one attached hydrogen (secondary N) is 1. The lowest BCUT2D eigenvalue weighted by molar-refractivity contribution is -0.385. The normalized spacial score (nSPS) is 11.4. The van der Waals surface area contributed by atoms with Gasteiger partial charge in [-0.3, -0.25) is 14.9 Å². The lowest BCUT2D eigenvalue weighted by atomic mass is 10.2. The van der Waals surface area contributed by atoms with Gasteiger partial charge >= 0.3 is 0 Å². The van der Waals surface area contributed by atoms with Crippen LogP contribution < -0.4 is 4.72 Å². The highest BCUT2D eigenvalue weighted by atomic mass is 79.9. The third kappa shape index (κ3) is 5.00. The number of thiophene rings is 1. The molecule has 9 nitrogen and oxygen atoms in total. The highest BCUT2D eigenvalue weighted by Gasteiger charge is 2.26. The molecule has 174 valence electrons. The second kappa shape index (κ2) is 9.47. The molecule has 0 radical (unpaired) electrons. The summed E-state index contributed by atoms with van der Waals surface area (Å²) in [6.45, 7) is 0. The average Bonchev–Trinajstić information content (AvgIpc) is 3.42. The van der Waals surface area contributed by atoms with E-state index in [0.29, 0.717) is 21.4 Å². The van der Waals surface area contributed by atoms with Crippen LogP contribution in [0.4, 0.5) is 5.69 Å². The Morgan fingerprint density at radius 1 is 1.12 bits per heavy atom. The Bertz CT molecular complexity index is 1520. The van der Waals surface area contributed by atoms with Crippen molar-refractivity contribution in [3.63, 3.8) is 0 Å². The zero-order chi connectivity index (χ0) is 24.6. The Kier molecular flexibility index (Phi) is 6.78. The summed E-state index contributed by atoms with van der Waals surface area (Å²) < 4.78 is 29.1. The number of hydrogen-bond acceptors (Lipinski definition) is 7. The monoisotopic (exact) mass is 600 g/mol. The molecule has 4 aromatic rings. The van der Waals surface area contributed by atoms with Gasteiger partial charge in [-0.05, 0) is 57.7 Å². The van der Waals surface area contributed by atoms with Crippen molar-refractivity contribution in [1.29, 1.82) is 0 Å². The van der Waals surface area contributed by atoms with Crippen LogP contribution in [0.25, 0.3) is 16.3 Å². The Balaban J connectivity index is 1.75. The van der Waals surface area contributed by atoms with Gasteiger partial charge in [-0.2, -0.15) is 5.10 Å². The van der Waals surface area contributed by atoms with Crippen LogP contribution in [0.1, 0.15) is 10.5 Å². The summed E-state index contributed by atoms with van der Waals surface area (Å²) >= 11 is 16.7. The zero-order valence-electron chi connectivity index (χ0n) is 16.6. The molecule has 2 aromatic heterocycles. The van der Waals surface area contributed by atoms with Crippen molar-refractivity contribution in [2.45, 2.75) is 4.90 Å². The Labute approximate surface area is 215 Å². The molecule has 0 aliphatic carbocycles. The Morgan fingerprint density at radius 2 is 1.82 bits per heavy atom. The number of benzene rings is 2. The molecule has 0 saturated carbocycles. The van der Waals surface area contributed by atoms with Crippen LogP contribution in [0.2, 0.25) is 10.0 Å². The third-order valence-electron chi connectivity index (χ3n) is 4.45. The molecule has 0 bridgehead atoms. The molecule has 0 aliphatic rings. The summed E-state index contributed by atoms with van der Waals surface area (Å²) in [5.41, 5.74) is 0.319. The van der Waals surface area contributed by atoms with Gasteiger partial charge in [0.05, 0.1) is 21.2 Å². The van der Waals surface area contributed by atoms with Crippen molar-refractivity contribution >= 4 is 72.1 Å².